The van der Waals surface area contributed by atoms with Crippen molar-refractivity contribution in [1.29, 1.82) is 0 Å². The van der Waals surface area contributed by atoms with Crippen LogP contribution < -0.4 is 0 Å². The number of fused-ring (bicyclic) bond motifs is 2. The van der Waals surface area contributed by atoms with E-state index >= 15 is 0 Å². The first kappa shape index (κ1) is 43.6. The third-order valence-electron chi connectivity index (χ3n) is 17.9. The number of carbonyl (C=O) groups is 1. The van der Waals surface area contributed by atoms with Crippen LogP contribution in [0.2, 0.25) is 0 Å². The van der Waals surface area contributed by atoms with Crippen molar-refractivity contribution < 1.29 is 74.1 Å². The third-order valence-corrected chi connectivity index (χ3v) is 17.9. The van der Waals surface area contributed by atoms with E-state index in [4.69, 9.17) is 28.4 Å². The van der Waals surface area contributed by atoms with Gasteiger partial charge in [0.2, 0.25) is 0 Å². The summed E-state index contributed by atoms with van der Waals surface area (Å²) in [5.74, 6) is -0.624. The van der Waals surface area contributed by atoms with Crippen LogP contribution in [-0.4, -0.2) is 151 Å². The van der Waals surface area contributed by atoms with Gasteiger partial charge in [0, 0.05) is 12.8 Å². The zero-order valence-corrected chi connectivity index (χ0v) is 35.5. The van der Waals surface area contributed by atoms with E-state index in [9.17, 15) is 45.6 Å². The summed E-state index contributed by atoms with van der Waals surface area (Å²) in [4.78, 5) is 12.9. The first-order valence-electron chi connectivity index (χ1n) is 21.8. The largest absolute Gasteiger partial charge is 0.462 e. The second kappa shape index (κ2) is 14.2. The van der Waals surface area contributed by atoms with Gasteiger partial charge in [-0.25, -0.2) is 0 Å². The number of carbonyl (C=O) groups excluding carboxylic acids is 1. The highest BCUT2D eigenvalue weighted by Crippen LogP contribution is 2.89. The van der Waals surface area contributed by atoms with Crippen molar-refractivity contribution in [3.8, 4) is 0 Å². The molecule has 0 aromatic rings. The first-order valence-corrected chi connectivity index (χ1v) is 21.8. The molecule has 0 bridgehead atoms. The molecule has 2 spiro atoms. The molecule has 8 rings (SSSR count). The maximum Gasteiger partial charge on any atom is 0.302 e. The van der Waals surface area contributed by atoms with Gasteiger partial charge in [-0.3, -0.25) is 4.79 Å². The van der Waals surface area contributed by atoms with Crippen molar-refractivity contribution in [3.05, 3.63) is 0 Å². The van der Waals surface area contributed by atoms with E-state index in [0.29, 0.717) is 32.1 Å². The van der Waals surface area contributed by atoms with Crippen LogP contribution in [0.3, 0.4) is 0 Å². The highest BCUT2D eigenvalue weighted by Gasteiger charge is 2.85. The quantitative estimate of drug-likeness (QED) is 0.127. The van der Waals surface area contributed by atoms with Crippen LogP contribution >= 0.6 is 0 Å². The summed E-state index contributed by atoms with van der Waals surface area (Å²) in [5.41, 5.74) is -3.42. The Bertz CT molecular complexity index is 1570. The van der Waals surface area contributed by atoms with Crippen LogP contribution in [0.5, 0.6) is 0 Å². The molecule has 5 saturated carbocycles. The van der Waals surface area contributed by atoms with Crippen LogP contribution in [0.4, 0.5) is 0 Å². The summed E-state index contributed by atoms with van der Waals surface area (Å²) >= 11 is 0. The van der Waals surface area contributed by atoms with E-state index in [2.05, 4.69) is 34.6 Å². The molecule has 0 aromatic carbocycles. The normalized spacial score (nSPS) is 56.1. The molecular formula is C43H70O15. The molecule has 0 unspecified atom stereocenters. The maximum atomic E-state index is 12.9. The fourth-order valence-corrected chi connectivity index (χ4v) is 15.2. The van der Waals surface area contributed by atoms with E-state index in [1.807, 2.05) is 0 Å². The molecule has 0 aromatic heterocycles. The molecule has 3 saturated heterocycles. The predicted octanol–water partition coefficient (Wildman–Crippen LogP) is 1.29. The number of aliphatic hydroxyl groups excluding tert-OH is 7. The predicted molar refractivity (Wildman–Crippen MR) is 203 cm³/mol. The highest BCUT2D eigenvalue weighted by molar-refractivity contribution is 5.66. The van der Waals surface area contributed by atoms with Gasteiger partial charge in [-0.1, -0.05) is 27.7 Å². The van der Waals surface area contributed by atoms with Crippen molar-refractivity contribution in [1.82, 2.24) is 0 Å². The second-order valence-corrected chi connectivity index (χ2v) is 21.6. The Kier molecular flexibility index (Phi) is 10.7. The highest BCUT2D eigenvalue weighted by atomic mass is 16.7. The molecule has 0 radical (unpaired) electrons. The lowest BCUT2D eigenvalue weighted by molar-refractivity contribution is -0.339. The van der Waals surface area contributed by atoms with E-state index in [1.165, 1.54) is 6.92 Å². The molecule has 58 heavy (non-hydrogen) atoms. The van der Waals surface area contributed by atoms with Gasteiger partial charge in [0.15, 0.2) is 12.6 Å². The molecule has 8 aliphatic rings. The number of rotatable bonds is 8. The number of hydrogen-bond donors (Lipinski definition) is 8. The molecule has 5 aliphatic carbocycles. The van der Waals surface area contributed by atoms with Gasteiger partial charge in [0.05, 0.1) is 42.7 Å². The second-order valence-electron chi connectivity index (χ2n) is 21.6. The monoisotopic (exact) mass is 826 g/mol. The lowest BCUT2D eigenvalue weighted by Crippen LogP contribution is -2.65. The Hall–Kier alpha value is -1.05. The van der Waals surface area contributed by atoms with Gasteiger partial charge in [0.25, 0.3) is 0 Å². The SMILES string of the molecule is CC(=O)O[C@H]1C[C@@]2(C)[C@@H]3C[C@H](O[C@@H]4O[C@H](CO)[C@@H](O)[C@H](O)[C@H]4O)[C@H]4C(C)(C)[C@@H](O[C@@H]5OC[C@@H](O)[C@H](O)[C@H]5O)CC[C@@]45C[C@@]35CC[C@]2(C)[C@H]1[C@@]1(C)CC[C@@H](C(C)(C)O)O1. The first-order chi connectivity index (χ1) is 26.9. The Morgan fingerprint density at radius 3 is 2.10 bits per heavy atom. The summed E-state index contributed by atoms with van der Waals surface area (Å²) in [6.45, 7) is 15.3. The molecule has 3 heterocycles. The third kappa shape index (κ3) is 6.17. The van der Waals surface area contributed by atoms with Gasteiger partial charge in [-0.15, -0.1) is 0 Å². The molecule has 0 amide bonds. The van der Waals surface area contributed by atoms with Gasteiger partial charge in [0.1, 0.15) is 48.8 Å². The number of esters is 1. The van der Waals surface area contributed by atoms with E-state index < -0.39 is 96.8 Å². The summed E-state index contributed by atoms with van der Waals surface area (Å²) in [7, 11) is 0. The zero-order valence-electron chi connectivity index (χ0n) is 35.5. The van der Waals surface area contributed by atoms with Crippen molar-refractivity contribution in [2.24, 2.45) is 44.8 Å². The lowest BCUT2D eigenvalue weighted by atomic mass is 9.41. The zero-order chi connectivity index (χ0) is 42.3. The topological polar surface area (TPSA) is 234 Å². The molecule has 15 nitrogen and oxygen atoms in total. The summed E-state index contributed by atoms with van der Waals surface area (Å²) in [6.07, 6.45) is -7.72. The molecule has 21 atom stereocenters. The Balaban J connectivity index is 1.17. The van der Waals surface area contributed by atoms with Gasteiger partial charge in [-0.2, -0.15) is 0 Å². The van der Waals surface area contributed by atoms with Gasteiger partial charge in [-0.05, 0) is 117 Å². The fraction of sp³-hybridized carbons (Fsp3) is 0.977. The minimum Gasteiger partial charge on any atom is -0.462 e. The average Bonchev–Trinajstić information content (AvgIpc) is 3.49. The Labute approximate surface area is 341 Å². The Morgan fingerprint density at radius 2 is 1.47 bits per heavy atom. The minimum atomic E-state index is -1.62. The maximum absolute atomic E-state index is 12.9. The van der Waals surface area contributed by atoms with Crippen molar-refractivity contribution in [2.45, 2.75) is 204 Å². The van der Waals surface area contributed by atoms with Crippen LogP contribution in [-0.2, 0) is 33.2 Å². The van der Waals surface area contributed by atoms with Crippen LogP contribution in [0.15, 0.2) is 0 Å². The number of ether oxygens (including phenoxy) is 6. The van der Waals surface area contributed by atoms with Gasteiger partial charge >= 0.3 is 5.97 Å². The Morgan fingerprint density at radius 1 is 0.776 bits per heavy atom. The molecule has 3 aliphatic heterocycles. The molecule has 8 fully saturated rings. The summed E-state index contributed by atoms with van der Waals surface area (Å²) in [5, 5.41) is 85.5. The minimum absolute atomic E-state index is 0.0661. The van der Waals surface area contributed by atoms with E-state index in [0.717, 1.165) is 25.7 Å². The van der Waals surface area contributed by atoms with E-state index in [-0.39, 0.29) is 58.1 Å². The average molecular weight is 827 g/mol. The van der Waals surface area contributed by atoms with Crippen molar-refractivity contribution in [2.75, 3.05) is 13.2 Å². The number of aliphatic hydroxyl groups is 8. The van der Waals surface area contributed by atoms with Crippen molar-refractivity contribution >= 4 is 5.97 Å². The van der Waals surface area contributed by atoms with Crippen LogP contribution in [0.25, 0.3) is 0 Å². The summed E-state index contributed by atoms with van der Waals surface area (Å²) in [6, 6.07) is 0. The summed E-state index contributed by atoms with van der Waals surface area (Å²) < 4.78 is 38.4. The number of hydrogen-bond acceptors (Lipinski definition) is 15. The van der Waals surface area contributed by atoms with Crippen molar-refractivity contribution in [3.63, 3.8) is 0 Å². The van der Waals surface area contributed by atoms with E-state index in [1.54, 1.807) is 13.8 Å². The standard InChI is InChI=1S/C43H70O15/c1-20(45)54-23-16-40(7)25-15-22(55-36-32(51)30(49)29(48)24(17-44)56-36)33-37(2,3)26(57-35-31(50)28(47)21(46)18-53-35)10-12-43(33)19-42(25,43)14-13-39(40,6)34(23)41(8)11-9-27(58-41)38(4,5)52/h21-36,44,46-52H,9-19H2,1-8H3/t21-,22+,23+,24-,25+,26+,27+,28+,29-,30+,31-,32-,33+,34+,35+,36-,39-,40+,41-,42+,43-/m1/s1. The molecule has 15 heteroatoms. The van der Waals surface area contributed by atoms with Crippen LogP contribution in [0, 0.1) is 44.8 Å². The van der Waals surface area contributed by atoms with Crippen LogP contribution in [0.1, 0.15) is 113 Å². The molecular weight excluding hydrogens is 756 g/mol. The smallest absolute Gasteiger partial charge is 0.302 e. The molecule has 8 N–H and O–H groups in total. The lowest BCUT2D eigenvalue weighted by Gasteiger charge is -2.65. The fourth-order valence-electron chi connectivity index (χ4n) is 15.2. The van der Waals surface area contributed by atoms with Gasteiger partial charge < -0.3 is 69.3 Å². The molecule has 332 valence electrons.